The first-order valence-corrected chi connectivity index (χ1v) is 7.23. The van der Waals surface area contributed by atoms with Gasteiger partial charge in [0.15, 0.2) is 0 Å². The Bertz CT molecular complexity index is 632. The van der Waals surface area contributed by atoms with Crippen molar-refractivity contribution in [2.45, 2.75) is 32.2 Å². The average molecular weight is 304 g/mol. The molecule has 0 bridgehead atoms. The molecule has 3 nitrogen and oxygen atoms in total. The van der Waals surface area contributed by atoms with Crippen molar-refractivity contribution in [1.29, 1.82) is 0 Å². The second kappa shape index (κ2) is 7.64. The lowest BCUT2D eigenvalue weighted by Crippen LogP contribution is -2.29. The number of benzene rings is 1. The number of nitrogens with zero attached hydrogens (tertiary/aromatic N) is 1. The molecule has 0 spiro atoms. The molecule has 1 atom stereocenters. The highest BCUT2D eigenvalue weighted by atomic mass is 19.1. The summed E-state index contributed by atoms with van der Waals surface area (Å²) in [6.45, 7) is 1.82. The molecule has 0 aliphatic carbocycles. The van der Waals surface area contributed by atoms with Crippen molar-refractivity contribution in [3.05, 3.63) is 65.5 Å². The van der Waals surface area contributed by atoms with E-state index >= 15 is 0 Å². The maximum absolute atomic E-state index is 13.8. The molecule has 2 aromatic rings. The quantitative estimate of drug-likeness (QED) is 0.886. The number of pyridine rings is 1. The lowest BCUT2D eigenvalue weighted by molar-refractivity contribution is -0.121. The first-order valence-electron chi connectivity index (χ1n) is 7.23. The van der Waals surface area contributed by atoms with Gasteiger partial charge in [-0.15, -0.1) is 0 Å². The molecule has 5 heteroatoms. The van der Waals surface area contributed by atoms with E-state index in [-0.39, 0.29) is 17.9 Å². The summed E-state index contributed by atoms with van der Waals surface area (Å²) in [5, 5.41) is 2.76. The molecule has 1 aromatic heterocycles. The van der Waals surface area contributed by atoms with Gasteiger partial charge >= 0.3 is 0 Å². The highest BCUT2D eigenvalue weighted by Crippen LogP contribution is 2.21. The Morgan fingerprint density at radius 1 is 1.23 bits per heavy atom. The molecule has 1 aromatic carbocycles. The lowest BCUT2D eigenvalue weighted by Gasteiger charge is -2.18. The van der Waals surface area contributed by atoms with E-state index in [2.05, 4.69) is 10.3 Å². The Balaban J connectivity index is 1.97. The minimum atomic E-state index is -0.527. The van der Waals surface area contributed by atoms with Crippen molar-refractivity contribution in [2.24, 2.45) is 0 Å². The topological polar surface area (TPSA) is 42.0 Å². The Morgan fingerprint density at radius 3 is 2.64 bits per heavy atom. The molecule has 1 N–H and O–H groups in total. The van der Waals surface area contributed by atoms with Crippen LogP contribution in [0.4, 0.5) is 8.78 Å². The van der Waals surface area contributed by atoms with Crippen LogP contribution in [0, 0.1) is 11.6 Å². The Hall–Kier alpha value is -2.30. The zero-order chi connectivity index (χ0) is 15.9. The van der Waals surface area contributed by atoms with Crippen LogP contribution in [0.1, 0.15) is 36.9 Å². The molecule has 0 aliphatic heterocycles. The average Bonchev–Trinajstić information content (AvgIpc) is 2.54. The molecule has 1 amide bonds. The summed E-state index contributed by atoms with van der Waals surface area (Å²) in [4.78, 5) is 15.9. The van der Waals surface area contributed by atoms with Crippen LogP contribution in [-0.4, -0.2) is 10.9 Å². The fraction of sp³-hybridized carbons (Fsp3) is 0.294. The number of aromatic nitrogens is 1. The number of carbonyl (C=O) groups excluding carboxylic acids is 1. The van der Waals surface area contributed by atoms with E-state index in [0.717, 1.165) is 23.8 Å². The molecule has 2 rings (SSSR count). The smallest absolute Gasteiger partial charge is 0.220 e. The SMILES string of the molecule is CC[C@H](NC(=O)CCc1ccncc1)c1cc(F)ccc1F. The zero-order valence-corrected chi connectivity index (χ0v) is 12.4. The normalized spacial score (nSPS) is 12.0. The number of rotatable bonds is 6. The van der Waals surface area contributed by atoms with E-state index in [1.54, 1.807) is 12.4 Å². The second-order valence-corrected chi connectivity index (χ2v) is 5.05. The van der Waals surface area contributed by atoms with Gasteiger partial charge in [-0.25, -0.2) is 8.78 Å². The molecule has 0 aliphatic rings. The van der Waals surface area contributed by atoms with Crippen molar-refractivity contribution in [3.8, 4) is 0 Å². The summed E-state index contributed by atoms with van der Waals surface area (Å²) < 4.78 is 27.0. The predicted octanol–water partition coefficient (Wildman–Crippen LogP) is 3.56. The summed E-state index contributed by atoms with van der Waals surface area (Å²) in [5.41, 5.74) is 1.19. The van der Waals surface area contributed by atoms with Gasteiger partial charge in [0.1, 0.15) is 11.6 Å². The zero-order valence-electron chi connectivity index (χ0n) is 12.4. The maximum atomic E-state index is 13.8. The van der Waals surface area contributed by atoms with E-state index in [9.17, 15) is 13.6 Å². The monoisotopic (exact) mass is 304 g/mol. The number of hydrogen-bond acceptors (Lipinski definition) is 2. The number of nitrogens with one attached hydrogen (secondary N) is 1. The Labute approximate surface area is 128 Å². The van der Waals surface area contributed by atoms with Crippen LogP contribution in [0.15, 0.2) is 42.7 Å². The third kappa shape index (κ3) is 4.35. The molecule has 22 heavy (non-hydrogen) atoms. The van der Waals surface area contributed by atoms with Crippen LogP contribution in [0.2, 0.25) is 0 Å². The molecule has 0 fully saturated rings. The van der Waals surface area contributed by atoms with Gasteiger partial charge in [-0.3, -0.25) is 9.78 Å². The highest BCUT2D eigenvalue weighted by Gasteiger charge is 2.17. The molecule has 116 valence electrons. The molecule has 1 heterocycles. The van der Waals surface area contributed by atoms with Gasteiger partial charge in [-0.05, 0) is 48.7 Å². The first kappa shape index (κ1) is 16.1. The van der Waals surface area contributed by atoms with Gasteiger partial charge in [0.05, 0.1) is 6.04 Å². The van der Waals surface area contributed by atoms with Gasteiger partial charge < -0.3 is 5.32 Å². The summed E-state index contributed by atoms with van der Waals surface area (Å²) >= 11 is 0. The van der Waals surface area contributed by atoms with Crippen LogP contribution >= 0.6 is 0 Å². The Kier molecular flexibility index (Phi) is 5.58. The molecule has 0 unspecified atom stereocenters. The number of amides is 1. The number of halogens is 2. The minimum absolute atomic E-state index is 0.180. The van der Waals surface area contributed by atoms with Crippen molar-refractivity contribution in [3.63, 3.8) is 0 Å². The lowest BCUT2D eigenvalue weighted by atomic mass is 10.0. The van der Waals surface area contributed by atoms with E-state index in [0.29, 0.717) is 12.8 Å². The summed E-state index contributed by atoms with van der Waals surface area (Å²) in [6, 6.07) is 6.44. The molecular weight excluding hydrogens is 286 g/mol. The second-order valence-electron chi connectivity index (χ2n) is 5.05. The minimum Gasteiger partial charge on any atom is -0.349 e. The number of hydrogen-bond donors (Lipinski definition) is 1. The maximum Gasteiger partial charge on any atom is 0.220 e. The molecule has 0 saturated heterocycles. The standard InChI is InChI=1S/C17H18F2N2O/c1-2-16(14-11-13(18)4-5-15(14)19)21-17(22)6-3-12-7-9-20-10-8-12/h4-5,7-11,16H,2-3,6H2,1H3,(H,21,22)/t16-/m0/s1. The summed E-state index contributed by atoms with van der Waals surface area (Å²) in [6.07, 6.45) is 4.70. The van der Waals surface area contributed by atoms with Crippen LogP contribution in [0.3, 0.4) is 0 Å². The fourth-order valence-electron chi connectivity index (χ4n) is 2.26. The molecule has 0 radical (unpaired) electrons. The molecular formula is C17H18F2N2O. The fourth-order valence-corrected chi connectivity index (χ4v) is 2.26. The number of carbonyl (C=O) groups is 1. The number of aryl methyl sites for hydroxylation is 1. The van der Waals surface area contributed by atoms with Gasteiger partial charge in [0, 0.05) is 24.4 Å². The van der Waals surface area contributed by atoms with E-state index in [1.807, 2.05) is 19.1 Å². The van der Waals surface area contributed by atoms with Crippen LogP contribution < -0.4 is 5.32 Å². The van der Waals surface area contributed by atoms with Crippen LogP contribution in [0.25, 0.3) is 0 Å². The Morgan fingerprint density at radius 2 is 1.95 bits per heavy atom. The van der Waals surface area contributed by atoms with Crippen LogP contribution in [0.5, 0.6) is 0 Å². The van der Waals surface area contributed by atoms with Crippen molar-refractivity contribution < 1.29 is 13.6 Å². The van der Waals surface area contributed by atoms with E-state index in [4.69, 9.17) is 0 Å². The third-order valence-corrected chi connectivity index (χ3v) is 3.47. The van der Waals surface area contributed by atoms with Crippen molar-refractivity contribution in [1.82, 2.24) is 10.3 Å². The van der Waals surface area contributed by atoms with Crippen molar-refractivity contribution >= 4 is 5.91 Å². The molecule has 0 saturated carbocycles. The third-order valence-electron chi connectivity index (χ3n) is 3.47. The first-order chi connectivity index (χ1) is 10.6. The van der Waals surface area contributed by atoms with Gasteiger partial charge in [-0.1, -0.05) is 6.92 Å². The highest BCUT2D eigenvalue weighted by molar-refractivity contribution is 5.76. The van der Waals surface area contributed by atoms with Gasteiger partial charge in [-0.2, -0.15) is 0 Å². The van der Waals surface area contributed by atoms with Gasteiger partial charge in [0.25, 0.3) is 0 Å². The van der Waals surface area contributed by atoms with Gasteiger partial charge in [0.2, 0.25) is 5.91 Å². The predicted molar refractivity (Wildman–Crippen MR) is 80.1 cm³/mol. The van der Waals surface area contributed by atoms with E-state index in [1.165, 1.54) is 0 Å². The van der Waals surface area contributed by atoms with Crippen LogP contribution in [-0.2, 0) is 11.2 Å². The van der Waals surface area contributed by atoms with E-state index < -0.39 is 17.7 Å². The summed E-state index contributed by atoms with van der Waals surface area (Å²) in [7, 11) is 0. The summed E-state index contributed by atoms with van der Waals surface area (Å²) in [5.74, 6) is -1.21. The van der Waals surface area contributed by atoms with Crippen molar-refractivity contribution in [2.75, 3.05) is 0 Å². The largest absolute Gasteiger partial charge is 0.349 e.